The molecule has 0 aromatic heterocycles. The molecule has 1 unspecified atom stereocenters. The monoisotopic (exact) mass is 344 g/mol. The van der Waals surface area contributed by atoms with Crippen LogP contribution in [0.5, 0.6) is 0 Å². The summed E-state index contributed by atoms with van der Waals surface area (Å²) in [4.78, 5) is 29.1. The molecule has 0 radical (unpaired) electrons. The van der Waals surface area contributed by atoms with Crippen molar-refractivity contribution in [3.63, 3.8) is 0 Å². The second-order valence-electron chi connectivity index (χ2n) is 7.23. The van der Waals surface area contributed by atoms with Crippen LogP contribution in [0, 0.1) is 19.8 Å². The molecule has 2 aliphatic heterocycles. The summed E-state index contributed by atoms with van der Waals surface area (Å²) in [6, 6.07) is 6.25. The lowest BCUT2D eigenvalue weighted by atomic mass is 10.0. The van der Waals surface area contributed by atoms with E-state index in [1.165, 1.54) is 5.56 Å². The van der Waals surface area contributed by atoms with Crippen LogP contribution in [0.1, 0.15) is 29.5 Å². The lowest BCUT2D eigenvalue weighted by Gasteiger charge is -2.24. The van der Waals surface area contributed by atoms with Crippen molar-refractivity contribution in [3.05, 3.63) is 34.9 Å². The Kier molecular flexibility index (Phi) is 5.74. The SMILES string of the molecule is Cc1ccc(C)c(CC(=O)N2CCCN(C(=O)C3CCOC3)CC2)c1. The van der Waals surface area contributed by atoms with E-state index in [0.717, 1.165) is 37.1 Å². The Bertz CT molecular complexity index is 638. The molecule has 0 aliphatic carbocycles. The summed E-state index contributed by atoms with van der Waals surface area (Å²) in [5.74, 6) is 0.366. The van der Waals surface area contributed by atoms with Crippen molar-refractivity contribution in [2.24, 2.45) is 5.92 Å². The van der Waals surface area contributed by atoms with Crippen LogP contribution >= 0.6 is 0 Å². The molecule has 1 aromatic rings. The molecule has 3 rings (SSSR count). The van der Waals surface area contributed by atoms with Gasteiger partial charge < -0.3 is 14.5 Å². The van der Waals surface area contributed by atoms with Gasteiger partial charge in [0.2, 0.25) is 11.8 Å². The van der Waals surface area contributed by atoms with Crippen molar-refractivity contribution in [3.8, 4) is 0 Å². The first-order valence-electron chi connectivity index (χ1n) is 9.25. The number of aryl methyl sites for hydroxylation is 2. The number of rotatable bonds is 3. The molecule has 1 atom stereocenters. The lowest BCUT2D eigenvalue weighted by molar-refractivity contribution is -0.136. The Morgan fingerprint density at radius 3 is 2.64 bits per heavy atom. The van der Waals surface area contributed by atoms with E-state index < -0.39 is 0 Å². The third-order valence-electron chi connectivity index (χ3n) is 5.29. The Hall–Kier alpha value is -1.88. The number of hydrogen-bond donors (Lipinski definition) is 0. The van der Waals surface area contributed by atoms with Crippen molar-refractivity contribution >= 4 is 11.8 Å². The summed E-state index contributed by atoms with van der Waals surface area (Å²) in [6.45, 7) is 8.06. The number of carbonyl (C=O) groups excluding carboxylic acids is 2. The van der Waals surface area contributed by atoms with E-state index in [-0.39, 0.29) is 17.7 Å². The number of benzene rings is 1. The smallest absolute Gasteiger partial charge is 0.228 e. The maximum Gasteiger partial charge on any atom is 0.228 e. The van der Waals surface area contributed by atoms with Crippen molar-refractivity contribution in [1.82, 2.24) is 9.80 Å². The van der Waals surface area contributed by atoms with Gasteiger partial charge in [-0.1, -0.05) is 23.8 Å². The molecule has 2 aliphatic rings. The van der Waals surface area contributed by atoms with Gasteiger partial charge in [-0.3, -0.25) is 9.59 Å². The predicted octanol–water partition coefficient (Wildman–Crippen LogP) is 1.94. The third-order valence-corrected chi connectivity index (χ3v) is 5.29. The second-order valence-corrected chi connectivity index (χ2v) is 7.23. The van der Waals surface area contributed by atoms with Gasteiger partial charge in [-0.25, -0.2) is 0 Å². The summed E-state index contributed by atoms with van der Waals surface area (Å²) >= 11 is 0. The molecule has 136 valence electrons. The van der Waals surface area contributed by atoms with Crippen LogP contribution in [-0.2, 0) is 20.7 Å². The van der Waals surface area contributed by atoms with Crippen molar-refractivity contribution in [1.29, 1.82) is 0 Å². The van der Waals surface area contributed by atoms with Crippen molar-refractivity contribution in [2.45, 2.75) is 33.1 Å². The molecule has 5 heteroatoms. The minimum absolute atomic E-state index is 0.0113. The molecule has 0 spiro atoms. The number of nitrogens with zero attached hydrogens (tertiary/aromatic N) is 2. The number of hydrogen-bond acceptors (Lipinski definition) is 3. The normalized spacial score (nSPS) is 21.3. The average Bonchev–Trinajstić information content (AvgIpc) is 3.02. The first-order valence-corrected chi connectivity index (χ1v) is 9.25. The standard InChI is InChI=1S/C20H28N2O3/c1-15-4-5-16(2)18(12-15)13-19(23)21-7-3-8-22(10-9-21)20(24)17-6-11-25-14-17/h4-5,12,17H,3,6-11,13-14H2,1-2H3. The fourth-order valence-corrected chi connectivity index (χ4v) is 3.64. The van der Waals surface area contributed by atoms with Gasteiger partial charge in [-0.15, -0.1) is 0 Å². The molecule has 0 bridgehead atoms. The van der Waals surface area contributed by atoms with Gasteiger partial charge in [0.15, 0.2) is 0 Å². The van der Waals surface area contributed by atoms with Gasteiger partial charge in [0.25, 0.3) is 0 Å². The topological polar surface area (TPSA) is 49.9 Å². The number of ether oxygens (including phenoxy) is 1. The molecule has 25 heavy (non-hydrogen) atoms. The van der Waals surface area contributed by atoms with E-state index in [2.05, 4.69) is 32.0 Å². The zero-order valence-corrected chi connectivity index (χ0v) is 15.3. The van der Waals surface area contributed by atoms with Gasteiger partial charge >= 0.3 is 0 Å². The summed E-state index contributed by atoms with van der Waals surface area (Å²) in [5, 5.41) is 0. The Labute approximate surface area is 149 Å². The van der Waals surface area contributed by atoms with Crippen LogP contribution in [0.4, 0.5) is 0 Å². The molecular formula is C20H28N2O3. The second kappa shape index (κ2) is 8.00. The van der Waals surface area contributed by atoms with Gasteiger partial charge in [-0.05, 0) is 37.8 Å². The molecular weight excluding hydrogens is 316 g/mol. The first-order chi connectivity index (χ1) is 12.0. The minimum atomic E-state index is 0.0113. The Morgan fingerprint density at radius 2 is 1.88 bits per heavy atom. The molecule has 2 fully saturated rings. The zero-order chi connectivity index (χ0) is 17.8. The highest BCUT2D eigenvalue weighted by Gasteiger charge is 2.29. The van der Waals surface area contributed by atoms with Crippen LogP contribution in [0.3, 0.4) is 0 Å². The highest BCUT2D eigenvalue weighted by Crippen LogP contribution is 2.18. The Morgan fingerprint density at radius 1 is 1.12 bits per heavy atom. The maximum absolute atomic E-state index is 12.7. The van der Waals surface area contributed by atoms with Gasteiger partial charge in [0.1, 0.15) is 0 Å². The quantitative estimate of drug-likeness (QED) is 0.842. The van der Waals surface area contributed by atoms with E-state index in [1.54, 1.807) is 0 Å². The number of carbonyl (C=O) groups is 2. The third kappa shape index (κ3) is 4.40. The van der Waals surface area contributed by atoms with Crippen LogP contribution in [0.2, 0.25) is 0 Å². The average molecular weight is 344 g/mol. The largest absolute Gasteiger partial charge is 0.381 e. The zero-order valence-electron chi connectivity index (χ0n) is 15.3. The molecule has 0 N–H and O–H groups in total. The summed E-state index contributed by atoms with van der Waals surface area (Å²) in [5.41, 5.74) is 3.44. The van der Waals surface area contributed by atoms with E-state index in [1.807, 2.05) is 9.80 Å². The summed E-state index contributed by atoms with van der Waals surface area (Å²) in [6.07, 6.45) is 2.11. The highest BCUT2D eigenvalue weighted by molar-refractivity contribution is 5.80. The predicted molar refractivity (Wildman–Crippen MR) is 96.3 cm³/mol. The first kappa shape index (κ1) is 17.9. The number of amides is 2. The molecule has 2 heterocycles. The van der Waals surface area contributed by atoms with E-state index in [4.69, 9.17) is 4.74 Å². The molecule has 2 saturated heterocycles. The fraction of sp³-hybridized carbons (Fsp3) is 0.600. The lowest BCUT2D eigenvalue weighted by Crippen LogP contribution is -2.40. The van der Waals surface area contributed by atoms with Gasteiger partial charge in [-0.2, -0.15) is 0 Å². The maximum atomic E-state index is 12.7. The van der Waals surface area contributed by atoms with E-state index in [9.17, 15) is 9.59 Å². The van der Waals surface area contributed by atoms with Crippen molar-refractivity contribution in [2.75, 3.05) is 39.4 Å². The van der Waals surface area contributed by atoms with Gasteiger partial charge in [0, 0.05) is 32.8 Å². The van der Waals surface area contributed by atoms with Crippen LogP contribution in [0.15, 0.2) is 18.2 Å². The summed E-state index contributed by atoms with van der Waals surface area (Å²) < 4.78 is 5.33. The Balaban J connectivity index is 1.57. The fourth-order valence-electron chi connectivity index (χ4n) is 3.64. The van der Waals surface area contributed by atoms with Crippen LogP contribution in [-0.4, -0.2) is 61.0 Å². The minimum Gasteiger partial charge on any atom is -0.381 e. The molecule has 0 saturated carbocycles. The van der Waals surface area contributed by atoms with Crippen molar-refractivity contribution < 1.29 is 14.3 Å². The molecule has 5 nitrogen and oxygen atoms in total. The summed E-state index contributed by atoms with van der Waals surface area (Å²) in [7, 11) is 0. The van der Waals surface area contributed by atoms with E-state index >= 15 is 0 Å². The molecule has 2 amide bonds. The van der Waals surface area contributed by atoms with Crippen LogP contribution < -0.4 is 0 Å². The van der Waals surface area contributed by atoms with Gasteiger partial charge in [0.05, 0.1) is 18.9 Å². The molecule has 1 aromatic carbocycles. The highest BCUT2D eigenvalue weighted by atomic mass is 16.5. The van der Waals surface area contributed by atoms with E-state index in [0.29, 0.717) is 32.7 Å². The van der Waals surface area contributed by atoms with Crippen LogP contribution in [0.25, 0.3) is 0 Å².